The highest BCUT2D eigenvalue weighted by molar-refractivity contribution is 5.75. The summed E-state index contributed by atoms with van der Waals surface area (Å²) in [5.74, 6) is -0.119. The minimum atomic E-state index is -0.364. The first-order valence-corrected chi connectivity index (χ1v) is 8.93. The van der Waals surface area contributed by atoms with Gasteiger partial charge >= 0.3 is 6.03 Å². The Bertz CT molecular complexity index is 648. The highest BCUT2D eigenvalue weighted by Gasteiger charge is 2.42. The Balaban J connectivity index is 1.31. The van der Waals surface area contributed by atoms with Crippen molar-refractivity contribution < 1.29 is 18.7 Å². The van der Waals surface area contributed by atoms with Crippen molar-refractivity contribution in [1.82, 2.24) is 10.2 Å². The SMILES string of the molecule is COc1cc(N2CCN(C(=O)NC3CC4CCC3O4)CC2)ccc1F. The normalized spacial score (nSPS) is 28.3. The van der Waals surface area contributed by atoms with E-state index in [4.69, 9.17) is 9.47 Å². The molecular formula is C18H24FN3O3. The molecule has 0 aromatic heterocycles. The number of methoxy groups -OCH3 is 1. The van der Waals surface area contributed by atoms with Gasteiger partial charge in [0.2, 0.25) is 0 Å². The van der Waals surface area contributed by atoms with Crippen LogP contribution in [0.5, 0.6) is 5.75 Å². The minimum absolute atomic E-state index is 0.00233. The maximum atomic E-state index is 13.5. The Morgan fingerprint density at radius 3 is 2.72 bits per heavy atom. The maximum absolute atomic E-state index is 13.5. The van der Waals surface area contributed by atoms with Gasteiger partial charge in [0.15, 0.2) is 11.6 Å². The van der Waals surface area contributed by atoms with Crippen molar-refractivity contribution in [2.45, 2.75) is 37.5 Å². The van der Waals surface area contributed by atoms with Crippen molar-refractivity contribution in [3.63, 3.8) is 0 Å². The zero-order valence-corrected chi connectivity index (χ0v) is 14.4. The van der Waals surface area contributed by atoms with Gasteiger partial charge in [-0.25, -0.2) is 9.18 Å². The summed E-state index contributed by atoms with van der Waals surface area (Å²) in [7, 11) is 1.46. The van der Waals surface area contributed by atoms with Crippen LogP contribution in [0, 0.1) is 5.82 Å². The standard InChI is InChI=1S/C18H24FN3O3/c1-24-17-10-12(2-4-14(17)19)21-6-8-22(9-7-21)18(23)20-15-11-13-3-5-16(15)25-13/h2,4,10,13,15-16H,3,5-9,11H2,1H3,(H,20,23). The van der Waals surface area contributed by atoms with Gasteiger partial charge < -0.3 is 24.6 Å². The number of fused-ring (bicyclic) bond motifs is 2. The van der Waals surface area contributed by atoms with Gasteiger partial charge in [0.1, 0.15) is 0 Å². The Morgan fingerprint density at radius 1 is 1.28 bits per heavy atom. The molecule has 3 atom stereocenters. The van der Waals surface area contributed by atoms with Crippen molar-refractivity contribution in [2.75, 3.05) is 38.2 Å². The van der Waals surface area contributed by atoms with Crippen LogP contribution in [-0.4, -0.2) is 62.5 Å². The molecule has 3 aliphatic rings. The number of anilines is 1. The van der Waals surface area contributed by atoms with Gasteiger partial charge in [0.25, 0.3) is 0 Å². The summed E-state index contributed by atoms with van der Waals surface area (Å²) in [6.07, 6.45) is 3.64. The zero-order chi connectivity index (χ0) is 17.4. The second kappa shape index (κ2) is 6.71. The first-order valence-electron chi connectivity index (χ1n) is 8.93. The molecule has 0 aliphatic carbocycles. The lowest BCUT2D eigenvalue weighted by Crippen LogP contribution is -2.54. The van der Waals surface area contributed by atoms with E-state index in [1.807, 2.05) is 4.90 Å². The van der Waals surface area contributed by atoms with Crippen molar-refractivity contribution in [1.29, 1.82) is 0 Å². The molecule has 4 rings (SSSR count). The van der Waals surface area contributed by atoms with Gasteiger partial charge in [0, 0.05) is 37.9 Å². The molecule has 0 saturated carbocycles. The zero-order valence-electron chi connectivity index (χ0n) is 14.4. The predicted molar refractivity (Wildman–Crippen MR) is 91.6 cm³/mol. The van der Waals surface area contributed by atoms with Crippen LogP contribution in [0.4, 0.5) is 14.9 Å². The van der Waals surface area contributed by atoms with E-state index in [2.05, 4.69) is 10.2 Å². The van der Waals surface area contributed by atoms with Crippen LogP contribution in [0.15, 0.2) is 18.2 Å². The third kappa shape index (κ3) is 3.25. The molecular weight excluding hydrogens is 325 g/mol. The number of amides is 2. The fraction of sp³-hybridized carbons (Fsp3) is 0.611. The number of hydrogen-bond acceptors (Lipinski definition) is 4. The van der Waals surface area contributed by atoms with Crippen LogP contribution >= 0.6 is 0 Å². The molecule has 6 nitrogen and oxygen atoms in total. The van der Waals surface area contributed by atoms with Crippen molar-refractivity contribution in [3.05, 3.63) is 24.0 Å². The number of ether oxygens (including phenoxy) is 2. The molecule has 2 amide bonds. The molecule has 0 spiro atoms. The first-order chi connectivity index (χ1) is 12.1. The van der Waals surface area contributed by atoms with Gasteiger partial charge in [0.05, 0.1) is 25.4 Å². The monoisotopic (exact) mass is 349 g/mol. The number of rotatable bonds is 3. The highest BCUT2D eigenvalue weighted by atomic mass is 19.1. The van der Waals surface area contributed by atoms with E-state index < -0.39 is 0 Å². The molecule has 3 saturated heterocycles. The van der Waals surface area contributed by atoms with Gasteiger partial charge in [-0.2, -0.15) is 0 Å². The second-order valence-electron chi connectivity index (χ2n) is 6.96. The Kier molecular flexibility index (Phi) is 4.41. The van der Waals surface area contributed by atoms with Gasteiger partial charge in [-0.3, -0.25) is 0 Å². The summed E-state index contributed by atoms with van der Waals surface area (Å²) in [6.45, 7) is 2.73. The van der Waals surface area contributed by atoms with E-state index in [-0.39, 0.29) is 29.7 Å². The molecule has 1 aromatic carbocycles. The molecule has 3 aliphatic heterocycles. The summed E-state index contributed by atoms with van der Waals surface area (Å²) in [5, 5.41) is 3.13. The van der Waals surface area contributed by atoms with Gasteiger partial charge in [-0.15, -0.1) is 0 Å². The van der Waals surface area contributed by atoms with Crippen LogP contribution in [0.2, 0.25) is 0 Å². The number of hydrogen-bond donors (Lipinski definition) is 1. The molecule has 7 heteroatoms. The topological polar surface area (TPSA) is 54.0 Å². The third-order valence-electron chi connectivity index (χ3n) is 5.48. The quantitative estimate of drug-likeness (QED) is 0.907. The summed E-state index contributed by atoms with van der Waals surface area (Å²) >= 11 is 0. The summed E-state index contributed by atoms with van der Waals surface area (Å²) < 4.78 is 24.4. The third-order valence-corrected chi connectivity index (χ3v) is 5.48. The number of urea groups is 1. The predicted octanol–water partition coefficient (Wildman–Crippen LogP) is 1.99. The lowest BCUT2D eigenvalue weighted by molar-refractivity contribution is 0.0969. The molecule has 0 radical (unpaired) electrons. The van der Waals surface area contributed by atoms with Gasteiger partial charge in [-0.05, 0) is 31.4 Å². The molecule has 3 unspecified atom stereocenters. The summed E-state index contributed by atoms with van der Waals surface area (Å²) in [4.78, 5) is 16.5. The van der Waals surface area contributed by atoms with Crippen LogP contribution in [0.1, 0.15) is 19.3 Å². The fourth-order valence-electron chi connectivity index (χ4n) is 4.05. The van der Waals surface area contributed by atoms with E-state index in [9.17, 15) is 9.18 Å². The average molecular weight is 349 g/mol. The number of benzene rings is 1. The molecule has 2 bridgehead atoms. The van der Waals surface area contributed by atoms with E-state index in [0.29, 0.717) is 19.2 Å². The number of nitrogens with zero attached hydrogens (tertiary/aromatic N) is 2. The molecule has 1 N–H and O–H groups in total. The van der Waals surface area contributed by atoms with Crippen molar-refractivity contribution in [2.24, 2.45) is 0 Å². The average Bonchev–Trinajstić information content (AvgIpc) is 3.25. The fourth-order valence-corrected chi connectivity index (χ4v) is 4.05. The van der Waals surface area contributed by atoms with Crippen LogP contribution in [-0.2, 0) is 4.74 Å². The molecule has 3 heterocycles. The second-order valence-corrected chi connectivity index (χ2v) is 6.96. The van der Waals surface area contributed by atoms with Gasteiger partial charge in [-0.1, -0.05) is 0 Å². The van der Waals surface area contributed by atoms with Crippen LogP contribution in [0.3, 0.4) is 0 Å². The smallest absolute Gasteiger partial charge is 0.317 e. The highest BCUT2D eigenvalue weighted by Crippen LogP contribution is 2.34. The Labute approximate surface area is 146 Å². The van der Waals surface area contributed by atoms with Crippen LogP contribution in [0.25, 0.3) is 0 Å². The Morgan fingerprint density at radius 2 is 2.08 bits per heavy atom. The van der Waals surface area contributed by atoms with E-state index >= 15 is 0 Å². The molecule has 25 heavy (non-hydrogen) atoms. The lowest BCUT2D eigenvalue weighted by atomic mass is 9.96. The number of carbonyl (C=O) groups is 1. The van der Waals surface area contributed by atoms with E-state index in [1.54, 1.807) is 12.1 Å². The number of piperazine rings is 1. The number of nitrogens with one attached hydrogen (secondary N) is 1. The maximum Gasteiger partial charge on any atom is 0.317 e. The first kappa shape index (κ1) is 16.4. The largest absolute Gasteiger partial charge is 0.494 e. The van der Waals surface area contributed by atoms with Crippen LogP contribution < -0.4 is 15.0 Å². The lowest BCUT2D eigenvalue weighted by Gasteiger charge is -2.37. The van der Waals surface area contributed by atoms with Crippen molar-refractivity contribution >= 4 is 11.7 Å². The summed E-state index contributed by atoms with van der Waals surface area (Å²) in [6, 6.07) is 5.03. The van der Waals surface area contributed by atoms with Crippen molar-refractivity contribution in [3.8, 4) is 5.75 Å². The summed E-state index contributed by atoms with van der Waals surface area (Å²) in [5.41, 5.74) is 0.916. The molecule has 1 aromatic rings. The number of carbonyl (C=O) groups excluding carboxylic acids is 1. The minimum Gasteiger partial charge on any atom is -0.494 e. The number of halogens is 1. The Hall–Kier alpha value is -2.02. The molecule has 136 valence electrons. The van der Waals surface area contributed by atoms with E-state index in [1.165, 1.54) is 13.2 Å². The molecule has 3 fully saturated rings. The van der Waals surface area contributed by atoms with E-state index in [0.717, 1.165) is 38.0 Å².